The van der Waals surface area contributed by atoms with Crippen molar-refractivity contribution < 1.29 is 0 Å². The Bertz CT molecular complexity index is 186. The number of unbranched alkanes of at least 4 members (excludes halogenated alkanes) is 3. The van der Waals surface area contributed by atoms with Crippen molar-refractivity contribution in [3.05, 3.63) is 0 Å². The summed E-state index contributed by atoms with van der Waals surface area (Å²) < 4.78 is 0. The number of hydrogen-bond acceptors (Lipinski definition) is 1. The van der Waals surface area contributed by atoms with E-state index in [1.165, 1.54) is 70.8 Å². The van der Waals surface area contributed by atoms with Crippen LogP contribution in [0.5, 0.6) is 0 Å². The van der Waals surface area contributed by atoms with Gasteiger partial charge in [-0.2, -0.15) is 0 Å². The maximum absolute atomic E-state index is 3.78. The lowest BCUT2D eigenvalue weighted by molar-refractivity contribution is 0.204. The van der Waals surface area contributed by atoms with Crippen LogP contribution in [0, 0.1) is 5.41 Å². The molecule has 17 heavy (non-hydrogen) atoms. The van der Waals surface area contributed by atoms with Crippen LogP contribution in [0.4, 0.5) is 0 Å². The van der Waals surface area contributed by atoms with Crippen LogP contribution in [0.25, 0.3) is 0 Å². The molecule has 0 bridgehead atoms. The Kier molecular flexibility index (Phi) is 7.18. The van der Waals surface area contributed by atoms with Crippen LogP contribution < -0.4 is 5.32 Å². The molecule has 0 spiro atoms. The van der Waals surface area contributed by atoms with Gasteiger partial charge in [0.1, 0.15) is 0 Å². The van der Waals surface area contributed by atoms with Crippen LogP contribution in [0.15, 0.2) is 0 Å². The summed E-state index contributed by atoms with van der Waals surface area (Å²) in [5.74, 6) is 0. The molecule has 1 rings (SSSR count). The Morgan fingerprint density at radius 3 is 2.12 bits per heavy atom. The minimum atomic E-state index is 0.605. The normalized spacial score (nSPS) is 19.2. The van der Waals surface area contributed by atoms with Gasteiger partial charge in [-0.05, 0) is 37.5 Å². The highest BCUT2D eigenvalue weighted by Crippen LogP contribution is 2.35. The molecule has 1 aliphatic carbocycles. The molecular formula is C16H33N. The highest BCUT2D eigenvalue weighted by molar-refractivity contribution is 4.87. The van der Waals surface area contributed by atoms with Crippen molar-refractivity contribution in [3.63, 3.8) is 0 Å². The smallest absolute Gasteiger partial charge is 0.00684 e. The summed E-state index contributed by atoms with van der Waals surface area (Å²) in [5, 5.41) is 3.78. The van der Waals surface area contributed by atoms with Crippen LogP contribution in [-0.2, 0) is 0 Å². The van der Waals surface area contributed by atoms with Gasteiger partial charge in [-0.15, -0.1) is 0 Å². The molecule has 0 aromatic carbocycles. The molecule has 0 heterocycles. The predicted octanol–water partition coefficient (Wildman–Crippen LogP) is 4.91. The van der Waals surface area contributed by atoms with Crippen LogP contribution in [0.1, 0.15) is 85.0 Å². The maximum Gasteiger partial charge on any atom is 0.00684 e. The van der Waals surface area contributed by atoms with Crippen LogP contribution in [0.3, 0.4) is 0 Å². The summed E-state index contributed by atoms with van der Waals surface area (Å²) in [4.78, 5) is 0. The van der Waals surface area contributed by atoms with Crippen LogP contribution in [0.2, 0.25) is 0 Å². The lowest BCUT2D eigenvalue weighted by Crippen LogP contribution is -2.35. The molecule has 0 aliphatic heterocycles. The molecule has 102 valence electrons. The van der Waals surface area contributed by atoms with Crippen molar-refractivity contribution in [3.8, 4) is 0 Å². The molecule has 0 amide bonds. The maximum atomic E-state index is 3.78. The highest BCUT2D eigenvalue weighted by atomic mass is 15.0. The van der Waals surface area contributed by atoms with E-state index in [0.29, 0.717) is 5.41 Å². The molecule has 1 nitrogen and oxygen atoms in total. The van der Waals surface area contributed by atoms with Gasteiger partial charge >= 0.3 is 0 Å². The minimum Gasteiger partial charge on any atom is -0.313 e. The predicted molar refractivity (Wildman–Crippen MR) is 77.4 cm³/mol. The molecular weight excluding hydrogens is 206 g/mol. The Morgan fingerprint density at radius 1 is 0.941 bits per heavy atom. The quantitative estimate of drug-likeness (QED) is 0.505. The Morgan fingerprint density at radius 2 is 1.59 bits per heavy atom. The van der Waals surface area contributed by atoms with E-state index in [9.17, 15) is 0 Å². The third-order valence-electron chi connectivity index (χ3n) is 4.46. The Labute approximate surface area is 109 Å². The van der Waals surface area contributed by atoms with Crippen molar-refractivity contribution in [1.29, 1.82) is 0 Å². The first-order valence-electron chi connectivity index (χ1n) is 7.99. The average Bonchev–Trinajstić information content (AvgIpc) is 3.17. The van der Waals surface area contributed by atoms with E-state index in [1.54, 1.807) is 0 Å². The van der Waals surface area contributed by atoms with Crippen molar-refractivity contribution in [2.75, 3.05) is 6.54 Å². The fourth-order valence-electron chi connectivity index (χ4n) is 2.73. The van der Waals surface area contributed by atoms with Gasteiger partial charge in [-0.3, -0.25) is 0 Å². The van der Waals surface area contributed by atoms with Crippen LogP contribution in [-0.4, -0.2) is 12.6 Å². The topological polar surface area (TPSA) is 12.0 Å². The van der Waals surface area contributed by atoms with E-state index in [0.717, 1.165) is 6.04 Å². The molecule has 1 aliphatic rings. The van der Waals surface area contributed by atoms with E-state index in [4.69, 9.17) is 0 Å². The second kappa shape index (κ2) is 8.13. The van der Waals surface area contributed by atoms with E-state index in [1.807, 2.05) is 0 Å². The van der Waals surface area contributed by atoms with Gasteiger partial charge in [0, 0.05) is 12.6 Å². The van der Waals surface area contributed by atoms with Gasteiger partial charge in [0.2, 0.25) is 0 Å². The molecule has 0 aromatic heterocycles. The summed E-state index contributed by atoms with van der Waals surface area (Å²) in [6, 6.07) is 0.869. The first kappa shape index (κ1) is 15.0. The fraction of sp³-hybridized carbons (Fsp3) is 1.00. The highest BCUT2D eigenvalue weighted by Gasteiger charge is 2.30. The number of rotatable bonds is 11. The Hall–Kier alpha value is -0.0400. The molecule has 1 unspecified atom stereocenters. The molecule has 1 N–H and O–H groups in total. The number of hydrogen-bond donors (Lipinski definition) is 1. The zero-order valence-electron chi connectivity index (χ0n) is 12.4. The second-order valence-electron chi connectivity index (χ2n) is 6.07. The van der Waals surface area contributed by atoms with E-state index >= 15 is 0 Å². The largest absolute Gasteiger partial charge is 0.313 e. The standard InChI is InChI=1S/C16H33N/c1-4-7-9-13-16(6-3,12-8-5-2)14-17-15-10-11-15/h15,17H,4-14H2,1-3H3. The minimum absolute atomic E-state index is 0.605. The van der Waals surface area contributed by atoms with E-state index in [-0.39, 0.29) is 0 Å². The summed E-state index contributed by atoms with van der Waals surface area (Å²) >= 11 is 0. The molecule has 0 radical (unpaired) electrons. The van der Waals surface area contributed by atoms with Crippen molar-refractivity contribution in [1.82, 2.24) is 5.32 Å². The van der Waals surface area contributed by atoms with E-state index in [2.05, 4.69) is 26.1 Å². The second-order valence-corrected chi connectivity index (χ2v) is 6.07. The molecule has 1 fully saturated rings. The van der Waals surface area contributed by atoms with Gasteiger partial charge in [0.25, 0.3) is 0 Å². The zero-order valence-corrected chi connectivity index (χ0v) is 12.4. The molecule has 1 atom stereocenters. The lowest BCUT2D eigenvalue weighted by Gasteiger charge is -2.33. The van der Waals surface area contributed by atoms with Crippen molar-refractivity contribution in [2.24, 2.45) is 5.41 Å². The van der Waals surface area contributed by atoms with Gasteiger partial charge < -0.3 is 5.32 Å². The molecule has 1 saturated carbocycles. The van der Waals surface area contributed by atoms with Crippen LogP contribution >= 0.6 is 0 Å². The third-order valence-corrected chi connectivity index (χ3v) is 4.46. The zero-order chi connectivity index (χ0) is 12.6. The summed E-state index contributed by atoms with van der Waals surface area (Å²) in [6.07, 6.45) is 14.0. The summed E-state index contributed by atoms with van der Waals surface area (Å²) in [5.41, 5.74) is 0.605. The molecule has 0 saturated heterocycles. The van der Waals surface area contributed by atoms with Crippen molar-refractivity contribution in [2.45, 2.75) is 91.0 Å². The lowest BCUT2D eigenvalue weighted by atomic mass is 9.76. The first-order chi connectivity index (χ1) is 8.26. The van der Waals surface area contributed by atoms with E-state index < -0.39 is 0 Å². The third kappa shape index (κ3) is 5.90. The Balaban J connectivity index is 2.37. The summed E-state index contributed by atoms with van der Waals surface area (Å²) in [7, 11) is 0. The van der Waals surface area contributed by atoms with Gasteiger partial charge in [-0.1, -0.05) is 52.9 Å². The molecule has 1 heteroatoms. The first-order valence-corrected chi connectivity index (χ1v) is 7.99. The van der Waals surface area contributed by atoms with Gasteiger partial charge in [0.15, 0.2) is 0 Å². The summed E-state index contributed by atoms with van der Waals surface area (Å²) in [6.45, 7) is 8.30. The van der Waals surface area contributed by atoms with Gasteiger partial charge in [0.05, 0.1) is 0 Å². The molecule has 0 aromatic rings. The SMILES string of the molecule is CCCCCC(CC)(CCCC)CNC1CC1. The fourth-order valence-corrected chi connectivity index (χ4v) is 2.73. The number of nitrogens with one attached hydrogen (secondary N) is 1. The van der Waals surface area contributed by atoms with Crippen molar-refractivity contribution >= 4 is 0 Å². The monoisotopic (exact) mass is 239 g/mol. The van der Waals surface area contributed by atoms with Gasteiger partial charge in [-0.25, -0.2) is 0 Å². The average molecular weight is 239 g/mol.